The van der Waals surface area contributed by atoms with Crippen molar-refractivity contribution in [2.45, 2.75) is 6.92 Å². The van der Waals surface area contributed by atoms with E-state index in [1.54, 1.807) is 31.0 Å². The van der Waals surface area contributed by atoms with Gasteiger partial charge in [0.05, 0.1) is 18.0 Å². The third-order valence-electron chi connectivity index (χ3n) is 3.77. The minimum Gasteiger partial charge on any atom is -0.395 e. The molecule has 0 spiro atoms. The molecule has 0 radical (unpaired) electrons. The average molecular weight is 311 g/mol. The minimum atomic E-state index is -0.260. The molecule has 1 aromatic carbocycles. The maximum absolute atomic E-state index is 12.4. The van der Waals surface area contributed by atoms with Crippen molar-refractivity contribution in [3.05, 3.63) is 48.0 Å². The molecule has 0 aliphatic heterocycles. The predicted octanol–water partition coefficient (Wildman–Crippen LogP) is 1.19. The first-order valence-corrected chi connectivity index (χ1v) is 7.25. The number of carbonyl (C=O) groups is 1. The first-order chi connectivity index (χ1) is 11.1. The molecule has 0 aliphatic carbocycles. The number of hydrogen-bond acceptors (Lipinski definition) is 5. The lowest BCUT2D eigenvalue weighted by molar-refractivity contribution is 0.0760. The Morgan fingerprint density at radius 1 is 1.35 bits per heavy atom. The van der Waals surface area contributed by atoms with E-state index < -0.39 is 0 Å². The molecule has 0 saturated carbocycles. The Bertz CT molecular complexity index is 853. The summed E-state index contributed by atoms with van der Waals surface area (Å²) in [4.78, 5) is 17.9. The molecule has 0 saturated heterocycles. The molecule has 7 nitrogen and oxygen atoms in total. The lowest BCUT2D eigenvalue weighted by Gasteiger charge is -2.14. The van der Waals surface area contributed by atoms with E-state index in [0.717, 1.165) is 16.5 Å². The lowest BCUT2D eigenvalue weighted by Crippen LogP contribution is -2.30. The highest BCUT2D eigenvalue weighted by Crippen LogP contribution is 2.22. The first-order valence-electron chi connectivity index (χ1n) is 7.25. The number of carbonyl (C=O) groups excluding carboxylic acids is 1. The number of pyridine rings is 1. The lowest BCUT2D eigenvalue weighted by atomic mass is 10.1. The van der Waals surface area contributed by atoms with E-state index in [2.05, 4.69) is 15.3 Å². The van der Waals surface area contributed by atoms with Gasteiger partial charge in [-0.05, 0) is 19.1 Å². The molecule has 2 heterocycles. The molecule has 1 N–H and O–H groups in total. The van der Waals surface area contributed by atoms with Crippen molar-refractivity contribution in [1.82, 2.24) is 24.9 Å². The van der Waals surface area contributed by atoms with Crippen molar-refractivity contribution in [3.8, 4) is 5.69 Å². The van der Waals surface area contributed by atoms with Crippen LogP contribution in [0.3, 0.4) is 0 Å². The summed E-state index contributed by atoms with van der Waals surface area (Å²) in [5.74, 6) is -0.260. The molecule has 2 aromatic heterocycles. The summed E-state index contributed by atoms with van der Waals surface area (Å²) < 4.78 is 1.66. The second-order valence-electron chi connectivity index (χ2n) is 5.26. The Morgan fingerprint density at radius 3 is 2.96 bits per heavy atom. The first kappa shape index (κ1) is 15.1. The van der Waals surface area contributed by atoms with Crippen LogP contribution in [0.25, 0.3) is 16.5 Å². The van der Waals surface area contributed by atoms with E-state index >= 15 is 0 Å². The molecule has 0 unspecified atom stereocenters. The monoisotopic (exact) mass is 311 g/mol. The molecule has 0 bridgehead atoms. The van der Waals surface area contributed by atoms with Gasteiger partial charge in [0.2, 0.25) is 0 Å². The molecule has 0 aliphatic rings. The van der Waals surface area contributed by atoms with Crippen LogP contribution in [0.4, 0.5) is 0 Å². The van der Waals surface area contributed by atoms with Gasteiger partial charge in [0.1, 0.15) is 0 Å². The number of rotatable bonds is 4. The van der Waals surface area contributed by atoms with Crippen LogP contribution in [-0.4, -0.2) is 56.1 Å². The van der Waals surface area contributed by atoms with E-state index in [1.807, 2.05) is 24.3 Å². The molecule has 118 valence electrons. The van der Waals surface area contributed by atoms with Gasteiger partial charge in [0.15, 0.2) is 5.69 Å². The van der Waals surface area contributed by atoms with Crippen molar-refractivity contribution in [1.29, 1.82) is 0 Å². The highest BCUT2D eigenvalue weighted by molar-refractivity contribution is 5.94. The van der Waals surface area contributed by atoms with Gasteiger partial charge in [-0.2, -0.15) is 0 Å². The van der Waals surface area contributed by atoms with E-state index in [-0.39, 0.29) is 24.8 Å². The molecule has 3 aromatic rings. The number of nitrogens with zero attached hydrogens (tertiary/aromatic N) is 5. The van der Waals surface area contributed by atoms with Crippen LogP contribution in [-0.2, 0) is 0 Å². The summed E-state index contributed by atoms with van der Waals surface area (Å²) in [7, 11) is 1.63. The van der Waals surface area contributed by atoms with Crippen LogP contribution in [0.1, 0.15) is 16.2 Å². The fraction of sp³-hybridized carbons (Fsp3) is 0.250. The molecule has 23 heavy (non-hydrogen) atoms. The Kier molecular flexibility index (Phi) is 4.03. The Balaban J connectivity index is 2.06. The highest BCUT2D eigenvalue weighted by atomic mass is 16.3. The van der Waals surface area contributed by atoms with Crippen LogP contribution in [0, 0.1) is 6.92 Å². The van der Waals surface area contributed by atoms with E-state index in [4.69, 9.17) is 5.11 Å². The summed E-state index contributed by atoms with van der Waals surface area (Å²) >= 11 is 0. The maximum Gasteiger partial charge on any atom is 0.276 e. The van der Waals surface area contributed by atoms with Crippen LogP contribution in [0.15, 0.2) is 36.7 Å². The predicted molar refractivity (Wildman–Crippen MR) is 85.4 cm³/mol. The van der Waals surface area contributed by atoms with E-state index in [0.29, 0.717) is 5.69 Å². The van der Waals surface area contributed by atoms with Gasteiger partial charge < -0.3 is 10.0 Å². The van der Waals surface area contributed by atoms with Crippen LogP contribution in [0.2, 0.25) is 0 Å². The van der Waals surface area contributed by atoms with Crippen molar-refractivity contribution < 1.29 is 9.90 Å². The molecule has 7 heteroatoms. The van der Waals surface area contributed by atoms with Crippen molar-refractivity contribution in [2.75, 3.05) is 20.2 Å². The number of benzene rings is 1. The second kappa shape index (κ2) is 6.13. The summed E-state index contributed by atoms with van der Waals surface area (Å²) in [6, 6.07) is 7.72. The van der Waals surface area contributed by atoms with Gasteiger partial charge in [-0.3, -0.25) is 9.78 Å². The summed E-state index contributed by atoms with van der Waals surface area (Å²) in [6.45, 7) is 1.97. The highest BCUT2D eigenvalue weighted by Gasteiger charge is 2.21. The van der Waals surface area contributed by atoms with Crippen molar-refractivity contribution in [3.63, 3.8) is 0 Å². The minimum absolute atomic E-state index is 0.0915. The normalized spacial score (nSPS) is 10.9. The number of hydrogen-bond donors (Lipinski definition) is 1. The van der Waals surface area contributed by atoms with E-state index in [9.17, 15) is 4.79 Å². The largest absolute Gasteiger partial charge is 0.395 e. The quantitative estimate of drug-likeness (QED) is 0.782. The van der Waals surface area contributed by atoms with Gasteiger partial charge in [0, 0.05) is 36.8 Å². The molecule has 0 atom stereocenters. The smallest absolute Gasteiger partial charge is 0.276 e. The maximum atomic E-state index is 12.4. The second-order valence-corrected chi connectivity index (χ2v) is 5.26. The molecule has 3 rings (SSSR count). The summed E-state index contributed by atoms with van der Waals surface area (Å²) in [5.41, 5.74) is 1.79. The number of aliphatic hydroxyl groups excluding tert-OH is 1. The average Bonchev–Trinajstić information content (AvgIpc) is 2.95. The van der Waals surface area contributed by atoms with Crippen molar-refractivity contribution >= 4 is 16.7 Å². The fourth-order valence-corrected chi connectivity index (χ4v) is 2.48. The van der Waals surface area contributed by atoms with Gasteiger partial charge in [-0.1, -0.05) is 17.3 Å². The summed E-state index contributed by atoms with van der Waals surface area (Å²) in [6.07, 6.45) is 3.51. The van der Waals surface area contributed by atoms with Crippen LogP contribution < -0.4 is 0 Å². The van der Waals surface area contributed by atoms with Crippen molar-refractivity contribution in [2.24, 2.45) is 0 Å². The third-order valence-corrected chi connectivity index (χ3v) is 3.77. The zero-order valence-corrected chi connectivity index (χ0v) is 13.0. The Labute approximate surface area is 133 Å². The van der Waals surface area contributed by atoms with Gasteiger partial charge in [-0.15, -0.1) is 5.10 Å². The third kappa shape index (κ3) is 2.66. The van der Waals surface area contributed by atoms with E-state index in [1.165, 1.54) is 4.90 Å². The molecule has 1 amide bonds. The number of aliphatic hydroxyl groups is 1. The van der Waals surface area contributed by atoms with Crippen LogP contribution >= 0.6 is 0 Å². The van der Waals surface area contributed by atoms with Gasteiger partial charge in [0.25, 0.3) is 5.91 Å². The number of fused-ring (bicyclic) bond motifs is 1. The molecule has 0 fully saturated rings. The standard InChI is InChI=1S/C16H17N5O2/c1-11-15(16(23)20(2)8-9-22)18-19-21(11)14-5-3-4-12-10-17-7-6-13(12)14/h3-7,10,22H,8-9H2,1-2H3. The Hall–Kier alpha value is -2.80. The SMILES string of the molecule is Cc1c(C(=O)N(C)CCO)nnn1-c1cccc2cnccc12. The number of amides is 1. The number of aromatic nitrogens is 4. The zero-order valence-electron chi connectivity index (χ0n) is 13.0. The van der Waals surface area contributed by atoms with Gasteiger partial charge >= 0.3 is 0 Å². The summed E-state index contributed by atoms with van der Waals surface area (Å²) in [5, 5.41) is 19.1. The van der Waals surface area contributed by atoms with Crippen LogP contribution in [0.5, 0.6) is 0 Å². The number of likely N-dealkylation sites (N-methyl/N-ethyl adjacent to an activating group) is 1. The topological polar surface area (TPSA) is 84.1 Å². The fourth-order valence-electron chi connectivity index (χ4n) is 2.48. The zero-order chi connectivity index (χ0) is 16.4. The Morgan fingerprint density at radius 2 is 2.17 bits per heavy atom. The van der Waals surface area contributed by atoms with Gasteiger partial charge in [-0.25, -0.2) is 4.68 Å². The molecular weight excluding hydrogens is 294 g/mol. The molecular formula is C16H17N5O2.